The Morgan fingerprint density at radius 3 is 2.47 bits per heavy atom. The quantitative estimate of drug-likeness (QED) is 0.772. The van der Waals surface area contributed by atoms with Crippen LogP contribution in [0.25, 0.3) is 0 Å². The van der Waals surface area contributed by atoms with Crippen molar-refractivity contribution in [2.45, 2.75) is 11.8 Å². The topological polar surface area (TPSA) is 61.2 Å². The molecule has 1 aromatic rings. The third kappa shape index (κ3) is 2.60. The highest BCUT2D eigenvalue weighted by atomic mass is 32.2. The van der Waals surface area contributed by atoms with Gasteiger partial charge in [0, 0.05) is 13.1 Å². The highest BCUT2D eigenvalue weighted by molar-refractivity contribution is 7.89. The predicted octanol–water partition coefficient (Wildman–Crippen LogP) is 1.42. The SMILES string of the molecule is Cc1cc(S(=O)(=O)N(C)CC#N)c(F)cc1F. The van der Waals surface area contributed by atoms with Crippen LogP contribution in [0.1, 0.15) is 5.56 Å². The summed E-state index contributed by atoms with van der Waals surface area (Å²) in [6, 6.07) is 3.07. The van der Waals surface area contributed by atoms with Gasteiger partial charge in [0.2, 0.25) is 10.0 Å². The second-order valence-corrected chi connectivity index (χ2v) is 5.46. The summed E-state index contributed by atoms with van der Waals surface area (Å²) in [5.74, 6) is -1.98. The van der Waals surface area contributed by atoms with Gasteiger partial charge in [0.05, 0.1) is 6.07 Å². The molecule has 0 heterocycles. The summed E-state index contributed by atoms with van der Waals surface area (Å²) in [5.41, 5.74) is 0.0235. The van der Waals surface area contributed by atoms with Crippen LogP contribution in [-0.2, 0) is 10.0 Å². The van der Waals surface area contributed by atoms with Crippen LogP contribution >= 0.6 is 0 Å². The van der Waals surface area contributed by atoms with Crippen LogP contribution < -0.4 is 0 Å². The molecule has 0 aliphatic carbocycles. The Labute approximate surface area is 98.1 Å². The molecule has 0 saturated heterocycles. The smallest absolute Gasteiger partial charge is 0.207 e. The number of nitriles is 1. The zero-order chi connectivity index (χ0) is 13.2. The van der Waals surface area contributed by atoms with Crippen molar-refractivity contribution in [3.05, 3.63) is 29.3 Å². The van der Waals surface area contributed by atoms with Gasteiger partial charge in [0.1, 0.15) is 23.1 Å². The van der Waals surface area contributed by atoms with Gasteiger partial charge in [0.15, 0.2) is 0 Å². The molecule has 0 amide bonds. The van der Waals surface area contributed by atoms with Gasteiger partial charge in [-0.05, 0) is 18.6 Å². The van der Waals surface area contributed by atoms with E-state index in [-0.39, 0.29) is 5.56 Å². The second kappa shape index (κ2) is 4.77. The van der Waals surface area contributed by atoms with Gasteiger partial charge in [-0.1, -0.05) is 0 Å². The van der Waals surface area contributed by atoms with E-state index in [1.165, 1.54) is 6.92 Å². The van der Waals surface area contributed by atoms with E-state index in [4.69, 9.17) is 5.26 Å². The molecule has 92 valence electrons. The maximum absolute atomic E-state index is 13.4. The predicted molar refractivity (Wildman–Crippen MR) is 56.5 cm³/mol. The lowest BCUT2D eigenvalue weighted by Gasteiger charge is -2.14. The van der Waals surface area contributed by atoms with Gasteiger partial charge >= 0.3 is 0 Å². The average molecular weight is 260 g/mol. The summed E-state index contributed by atoms with van der Waals surface area (Å²) < 4.78 is 50.7. The molecule has 1 aromatic carbocycles. The number of nitrogens with zero attached hydrogens (tertiary/aromatic N) is 2. The first kappa shape index (κ1) is 13.5. The van der Waals surface area contributed by atoms with Crippen LogP contribution in [0.2, 0.25) is 0 Å². The number of aryl methyl sites for hydroxylation is 1. The van der Waals surface area contributed by atoms with Gasteiger partial charge in [-0.25, -0.2) is 17.2 Å². The molecule has 0 spiro atoms. The van der Waals surface area contributed by atoms with Gasteiger partial charge in [-0.15, -0.1) is 0 Å². The van der Waals surface area contributed by atoms with Crippen LogP contribution in [0, 0.1) is 29.9 Å². The summed E-state index contributed by atoms with van der Waals surface area (Å²) in [4.78, 5) is -0.630. The Bertz CT molecular complexity index is 579. The van der Waals surface area contributed by atoms with Crippen LogP contribution in [0.4, 0.5) is 8.78 Å². The summed E-state index contributed by atoms with van der Waals surface area (Å²) in [6.45, 7) is 0.927. The van der Waals surface area contributed by atoms with Gasteiger partial charge < -0.3 is 0 Å². The normalized spacial score (nSPS) is 11.5. The van der Waals surface area contributed by atoms with Crippen molar-refractivity contribution in [2.75, 3.05) is 13.6 Å². The molecule has 0 atom stereocenters. The van der Waals surface area contributed by atoms with Gasteiger partial charge in [-0.3, -0.25) is 0 Å². The number of hydrogen-bond donors (Lipinski definition) is 0. The fraction of sp³-hybridized carbons (Fsp3) is 0.300. The van der Waals surface area contributed by atoms with Crippen LogP contribution in [0.15, 0.2) is 17.0 Å². The van der Waals surface area contributed by atoms with Crippen molar-refractivity contribution >= 4 is 10.0 Å². The third-order valence-electron chi connectivity index (χ3n) is 2.19. The Hall–Kier alpha value is -1.52. The number of benzene rings is 1. The van der Waals surface area contributed by atoms with E-state index >= 15 is 0 Å². The highest BCUT2D eigenvalue weighted by Gasteiger charge is 2.25. The van der Waals surface area contributed by atoms with E-state index in [9.17, 15) is 17.2 Å². The lowest BCUT2D eigenvalue weighted by atomic mass is 10.2. The molecule has 0 aromatic heterocycles. The number of rotatable bonds is 3. The zero-order valence-corrected chi connectivity index (χ0v) is 10.1. The van der Waals surface area contributed by atoms with Crippen molar-refractivity contribution in [3.63, 3.8) is 0 Å². The number of hydrogen-bond acceptors (Lipinski definition) is 3. The maximum Gasteiger partial charge on any atom is 0.246 e. The highest BCUT2D eigenvalue weighted by Crippen LogP contribution is 2.21. The Morgan fingerprint density at radius 2 is 1.94 bits per heavy atom. The minimum absolute atomic E-state index is 0.0235. The van der Waals surface area contributed by atoms with Crippen molar-refractivity contribution in [1.29, 1.82) is 5.26 Å². The van der Waals surface area contributed by atoms with E-state index in [0.717, 1.165) is 13.1 Å². The van der Waals surface area contributed by atoms with Crippen molar-refractivity contribution < 1.29 is 17.2 Å². The first-order valence-electron chi connectivity index (χ1n) is 4.59. The fourth-order valence-electron chi connectivity index (χ4n) is 1.18. The van der Waals surface area contributed by atoms with Crippen molar-refractivity contribution in [2.24, 2.45) is 0 Å². The minimum atomic E-state index is -4.10. The molecule has 17 heavy (non-hydrogen) atoms. The van der Waals surface area contributed by atoms with Gasteiger partial charge in [0.25, 0.3) is 0 Å². The molecular formula is C10H10F2N2O2S. The molecule has 1 rings (SSSR count). The monoisotopic (exact) mass is 260 g/mol. The third-order valence-corrected chi connectivity index (χ3v) is 4.01. The molecule has 0 bridgehead atoms. The summed E-state index contributed by atoms with van der Waals surface area (Å²) >= 11 is 0. The van der Waals surface area contributed by atoms with Crippen molar-refractivity contribution in [1.82, 2.24) is 4.31 Å². The number of sulfonamides is 1. The van der Waals surface area contributed by atoms with Crippen molar-refractivity contribution in [3.8, 4) is 6.07 Å². The Morgan fingerprint density at radius 1 is 1.35 bits per heavy atom. The molecule has 0 radical (unpaired) electrons. The van der Waals surface area contributed by atoms with E-state index < -0.39 is 33.1 Å². The lowest BCUT2D eigenvalue weighted by molar-refractivity contribution is 0.488. The van der Waals surface area contributed by atoms with E-state index in [0.29, 0.717) is 10.4 Å². The van der Waals surface area contributed by atoms with Gasteiger partial charge in [-0.2, -0.15) is 9.57 Å². The van der Waals surface area contributed by atoms with Crippen LogP contribution in [0.5, 0.6) is 0 Å². The molecule has 0 N–H and O–H groups in total. The van der Waals surface area contributed by atoms with E-state index in [1.54, 1.807) is 6.07 Å². The summed E-state index contributed by atoms with van der Waals surface area (Å²) in [7, 11) is -2.95. The van der Waals surface area contributed by atoms with Crippen LogP contribution in [-0.4, -0.2) is 26.3 Å². The Kier molecular flexibility index (Phi) is 3.80. The van der Waals surface area contributed by atoms with E-state index in [2.05, 4.69) is 0 Å². The van der Waals surface area contributed by atoms with E-state index in [1.807, 2.05) is 0 Å². The zero-order valence-electron chi connectivity index (χ0n) is 9.24. The fourth-order valence-corrected chi connectivity index (χ4v) is 2.38. The first-order valence-corrected chi connectivity index (χ1v) is 6.03. The molecule has 0 aliphatic heterocycles. The lowest BCUT2D eigenvalue weighted by Crippen LogP contribution is -2.28. The van der Waals surface area contributed by atoms with Crippen LogP contribution in [0.3, 0.4) is 0 Å². The summed E-state index contributed by atoms with van der Waals surface area (Å²) in [5, 5.41) is 8.41. The molecule has 0 unspecified atom stereocenters. The molecule has 0 fully saturated rings. The maximum atomic E-state index is 13.4. The molecule has 7 heteroatoms. The first-order chi connectivity index (χ1) is 7.80. The average Bonchev–Trinajstić information content (AvgIpc) is 2.23. The molecule has 0 saturated carbocycles. The largest absolute Gasteiger partial charge is 0.246 e. The molecule has 0 aliphatic rings. The standard InChI is InChI=1S/C10H10F2N2O2S/c1-7-5-10(9(12)6-8(7)11)17(15,16)14(2)4-3-13/h5-6H,4H2,1-2H3. The summed E-state index contributed by atoms with van der Waals surface area (Å²) in [6.07, 6.45) is 0. The number of halogens is 2. The molecule has 4 nitrogen and oxygen atoms in total. The second-order valence-electron chi connectivity index (χ2n) is 3.45. The molecular weight excluding hydrogens is 250 g/mol. The minimum Gasteiger partial charge on any atom is -0.207 e. The Balaban J connectivity index is 3.35.